The van der Waals surface area contributed by atoms with Crippen LogP contribution in [0.25, 0.3) is 0 Å². The highest BCUT2D eigenvalue weighted by molar-refractivity contribution is 5.98. The second-order valence-electron chi connectivity index (χ2n) is 9.44. The highest BCUT2D eigenvalue weighted by atomic mass is 16.5. The number of nitrogens with zero attached hydrogens (tertiary/aromatic N) is 2. The van der Waals surface area contributed by atoms with Crippen molar-refractivity contribution in [3.63, 3.8) is 0 Å². The molecule has 2 aromatic rings. The molecule has 0 fully saturated rings. The van der Waals surface area contributed by atoms with E-state index in [2.05, 4.69) is 48.3 Å². The summed E-state index contributed by atoms with van der Waals surface area (Å²) in [6, 6.07) is 15.8. The van der Waals surface area contributed by atoms with Crippen molar-refractivity contribution in [2.45, 2.75) is 45.8 Å². The van der Waals surface area contributed by atoms with Gasteiger partial charge < -0.3 is 19.7 Å². The smallest absolute Gasteiger partial charge is 0.257 e. The number of nitrogens with one attached hydrogen (secondary N) is 1. The van der Waals surface area contributed by atoms with Gasteiger partial charge in [0.1, 0.15) is 12.4 Å². The lowest BCUT2D eigenvalue weighted by atomic mass is 10.0. The average molecular weight is 482 g/mol. The number of carbonyl (C=O) groups is 2. The molecule has 7 nitrogen and oxygen atoms in total. The number of amides is 2. The number of fused-ring (bicyclic) bond motifs is 1. The van der Waals surface area contributed by atoms with E-state index < -0.39 is 0 Å². The number of carbonyl (C=O) groups excluding carboxylic acids is 2. The maximum absolute atomic E-state index is 13.3. The Kier molecular flexibility index (Phi) is 9.69. The molecule has 1 aliphatic rings. The van der Waals surface area contributed by atoms with E-state index in [1.54, 1.807) is 44.2 Å². The normalized spacial score (nSPS) is 21.9. The molecular weight excluding hydrogens is 442 g/mol. The van der Waals surface area contributed by atoms with Crippen molar-refractivity contribution in [1.29, 1.82) is 0 Å². The molecule has 0 saturated carbocycles. The van der Waals surface area contributed by atoms with Gasteiger partial charge >= 0.3 is 0 Å². The number of hydrogen-bond acceptors (Lipinski definition) is 5. The fourth-order valence-corrected chi connectivity index (χ4v) is 4.40. The van der Waals surface area contributed by atoms with Crippen molar-refractivity contribution < 1.29 is 19.1 Å². The summed E-state index contributed by atoms with van der Waals surface area (Å²) >= 11 is 0. The predicted octanol–water partition coefficient (Wildman–Crippen LogP) is 4.08. The zero-order chi connectivity index (χ0) is 25.4. The van der Waals surface area contributed by atoms with Gasteiger partial charge in [-0.25, -0.2) is 0 Å². The second-order valence-corrected chi connectivity index (χ2v) is 9.44. The van der Waals surface area contributed by atoms with E-state index in [0.717, 1.165) is 19.5 Å². The van der Waals surface area contributed by atoms with E-state index in [4.69, 9.17) is 9.47 Å². The Balaban J connectivity index is 1.89. The van der Waals surface area contributed by atoms with Crippen LogP contribution in [0.5, 0.6) is 5.75 Å². The summed E-state index contributed by atoms with van der Waals surface area (Å²) in [6.45, 7) is 8.76. The molecule has 35 heavy (non-hydrogen) atoms. The average Bonchev–Trinajstić information content (AvgIpc) is 2.87. The summed E-state index contributed by atoms with van der Waals surface area (Å²) in [5.41, 5.74) is 2.40. The van der Waals surface area contributed by atoms with E-state index in [1.165, 1.54) is 5.56 Å². The minimum absolute atomic E-state index is 0.0843. The van der Waals surface area contributed by atoms with Crippen LogP contribution in [0.15, 0.2) is 48.5 Å². The first-order chi connectivity index (χ1) is 16.8. The third kappa shape index (κ3) is 7.29. The van der Waals surface area contributed by atoms with Crippen molar-refractivity contribution in [2.75, 3.05) is 45.7 Å². The lowest BCUT2D eigenvalue weighted by molar-refractivity contribution is -0.115. The standard InChI is InChI=1S/C28H39N3O4/c1-6-27(32)29-23-12-13-24-25(16-23)35-19-21(3)31(15-14-22-10-8-7-9-11-22)17-20(2)26(34-5)18-30(4)28(24)33/h7-13,16,20-21,26H,6,14-15,17-19H2,1-5H3,(H,29,32)/t20-,21+,26-/m0/s1. The highest BCUT2D eigenvalue weighted by Crippen LogP contribution is 2.27. The largest absolute Gasteiger partial charge is 0.491 e. The molecule has 0 bridgehead atoms. The minimum Gasteiger partial charge on any atom is -0.491 e. The summed E-state index contributed by atoms with van der Waals surface area (Å²) in [7, 11) is 3.50. The van der Waals surface area contributed by atoms with Crippen LogP contribution in [-0.2, 0) is 16.0 Å². The number of methoxy groups -OCH3 is 1. The molecule has 190 valence electrons. The zero-order valence-corrected chi connectivity index (χ0v) is 21.6. The van der Waals surface area contributed by atoms with Crippen LogP contribution in [0.1, 0.15) is 43.1 Å². The van der Waals surface area contributed by atoms with Crippen LogP contribution in [-0.4, -0.2) is 74.2 Å². The first-order valence-electron chi connectivity index (χ1n) is 12.4. The maximum Gasteiger partial charge on any atom is 0.257 e. The van der Waals surface area contributed by atoms with Gasteiger partial charge in [0.25, 0.3) is 5.91 Å². The van der Waals surface area contributed by atoms with Crippen molar-refractivity contribution in [2.24, 2.45) is 5.92 Å². The Morgan fingerprint density at radius 3 is 2.57 bits per heavy atom. The molecule has 0 saturated heterocycles. The molecule has 1 N–H and O–H groups in total. The molecule has 0 unspecified atom stereocenters. The van der Waals surface area contributed by atoms with Gasteiger partial charge in [-0.15, -0.1) is 0 Å². The first kappa shape index (κ1) is 26.7. The van der Waals surface area contributed by atoms with E-state index in [9.17, 15) is 9.59 Å². The van der Waals surface area contributed by atoms with Crippen molar-refractivity contribution in [3.05, 3.63) is 59.7 Å². The van der Waals surface area contributed by atoms with Crippen LogP contribution in [0.4, 0.5) is 5.69 Å². The Morgan fingerprint density at radius 2 is 1.89 bits per heavy atom. The molecule has 0 aromatic heterocycles. The molecule has 0 spiro atoms. The molecule has 1 aliphatic heterocycles. The molecule has 3 atom stereocenters. The summed E-state index contributed by atoms with van der Waals surface area (Å²) < 4.78 is 12.1. The second kappa shape index (κ2) is 12.7. The number of likely N-dealkylation sites (N-methyl/N-ethyl adjacent to an activating group) is 1. The summed E-state index contributed by atoms with van der Waals surface area (Å²) in [5, 5.41) is 2.86. The number of rotatable bonds is 6. The fraction of sp³-hybridized carbons (Fsp3) is 0.500. The Morgan fingerprint density at radius 1 is 1.14 bits per heavy atom. The number of anilines is 1. The van der Waals surface area contributed by atoms with Gasteiger partial charge in [-0.2, -0.15) is 0 Å². The lowest BCUT2D eigenvalue weighted by Crippen LogP contribution is -2.47. The van der Waals surface area contributed by atoms with Crippen molar-refractivity contribution >= 4 is 17.5 Å². The topological polar surface area (TPSA) is 71.1 Å². The Labute approximate surface area is 209 Å². The monoisotopic (exact) mass is 481 g/mol. The van der Waals surface area contributed by atoms with E-state index >= 15 is 0 Å². The SMILES string of the molecule is CCC(=O)Nc1ccc2c(c1)OC[C@@H](C)N(CCc1ccccc1)C[C@H](C)[C@@H](OC)CN(C)C2=O. The molecule has 2 amide bonds. The maximum atomic E-state index is 13.3. The van der Waals surface area contributed by atoms with Crippen LogP contribution in [0, 0.1) is 5.92 Å². The summed E-state index contributed by atoms with van der Waals surface area (Å²) in [4.78, 5) is 29.3. The molecule has 2 aromatic carbocycles. The summed E-state index contributed by atoms with van der Waals surface area (Å²) in [6.07, 6.45) is 1.23. The number of hydrogen-bond donors (Lipinski definition) is 1. The molecule has 3 rings (SSSR count). The van der Waals surface area contributed by atoms with Crippen LogP contribution < -0.4 is 10.1 Å². The Hall–Kier alpha value is -2.90. The lowest BCUT2D eigenvalue weighted by Gasteiger charge is -2.36. The first-order valence-corrected chi connectivity index (χ1v) is 12.4. The van der Waals surface area contributed by atoms with Crippen molar-refractivity contribution in [3.8, 4) is 5.75 Å². The van der Waals surface area contributed by atoms with Gasteiger partial charge in [0.2, 0.25) is 5.91 Å². The predicted molar refractivity (Wildman–Crippen MR) is 139 cm³/mol. The Bertz CT molecular complexity index is 981. The number of benzene rings is 2. The molecule has 7 heteroatoms. The van der Waals surface area contributed by atoms with Gasteiger partial charge in [-0.3, -0.25) is 14.5 Å². The fourth-order valence-electron chi connectivity index (χ4n) is 4.40. The van der Waals surface area contributed by atoms with Gasteiger partial charge in [0, 0.05) is 58.0 Å². The molecule has 0 aliphatic carbocycles. The van der Waals surface area contributed by atoms with Crippen LogP contribution in [0.2, 0.25) is 0 Å². The van der Waals surface area contributed by atoms with Crippen molar-refractivity contribution in [1.82, 2.24) is 9.80 Å². The van der Waals surface area contributed by atoms with E-state index in [1.807, 2.05) is 6.07 Å². The van der Waals surface area contributed by atoms with E-state index in [-0.39, 0.29) is 29.9 Å². The van der Waals surface area contributed by atoms with Gasteiger partial charge in [0.15, 0.2) is 0 Å². The summed E-state index contributed by atoms with van der Waals surface area (Å²) in [5.74, 6) is 0.489. The molecule has 0 radical (unpaired) electrons. The molecular formula is C28H39N3O4. The highest BCUT2D eigenvalue weighted by Gasteiger charge is 2.28. The van der Waals surface area contributed by atoms with Gasteiger partial charge in [-0.1, -0.05) is 44.2 Å². The third-order valence-electron chi connectivity index (χ3n) is 6.71. The minimum atomic E-state index is -0.128. The van der Waals surface area contributed by atoms with E-state index in [0.29, 0.717) is 36.6 Å². The zero-order valence-electron chi connectivity index (χ0n) is 21.6. The van der Waals surface area contributed by atoms with Gasteiger partial charge in [-0.05, 0) is 37.0 Å². The van der Waals surface area contributed by atoms with Gasteiger partial charge in [0.05, 0.1) is 11.7 Å². The van der Waals surface area contributed by atoms with Crippen LogP contribution >= 0.6 is 0 Å². The number of ether oxygens (including phenoxy) is 2. The molecule has 1 heterocycles. The quantitative estimate of drug-likeness (QED) is 0.673. The van der Waals surface area contributed by atoms with Crippen LogP contribution in [0.3, 0.4) is 0 Å². The third-order valence-corrected chi connectivity index (χ3v) is 6.71.